The van der Waals surface area contributed by atoms with Crippen molar-refractivity contribution in [3.05, 3.63) is 88.4 Å². The van der Waals surface area contributed by atoms with E-state index in [2.05, 4.69) is 15.4 Å². The number of hydrogen-bond donors (Lipinski definition) is 1. The van der Waals surface area contributed by atoms with Crippen LogP contribution in [0.5, 0.6) is 0 Å². The summed E-state index contributed by atoms with van der Waals surface area (Å²) >= 11 is 0. The van der Waals surface area contributed by atoms with E-state index >= 15 is 0 Å². The zero-order valence-corrected chi connectivity index (χ0v) is 15.0. The summed E-state index contributed by atoms with van der Waals surface area (Å²) in [6.45, 7) is 0.198. The molecule has 0 aliphatic carbocycles. The minimum absolute atomic E-state index is 0.0543. The Morgan fingerprint density at radius 3 is 2.54 bits per heavy atom. The van der Waals surface area contributed by atoms with Crippen LogP contribution in [-0.4, -0.2) is 25.2 Å². The number of amides is 1. The van der Waals surface area contributed by atoms with Gasteiger partial charge in [-0.3, -0.25) is 9.59 Å². The highest BCUT2D eigenvalue weighted by Gasteiger charge is 2.22. The standard InChI is InChI=1S/C20H16FN5O2/c1-25-12-23-16-17(19(27)22-11-13-7-9-14(21)10-8-13)24-26(18(16)20(25)28)15-5-3-2-4-6-15/h2-10,12H,11H2,1H3,(H,22,27). The van der Waals surface area contributed by atoms with Crippen molar-refractivity contribution in [3.8, 4) is 5.69 Å². The number of rotatable bonds is 4. The molecule has 2 aromatic heterocycles. The normalized spacial score (nSPS) is 10.9. The van der Waals surface area contributed by atoms with E-state index in [4.69, 9.17) is 0 Å². The van der Waals surface area contributed by atoms with Gasteiger partial charge in [0.2, 0.25) is 0 Å². The van der Waals surface area contributed by atoms with Crippen molar-refractivity contribution in [2.75, 3.05) is 0 Å². The fourth-order valence-electron chi connectivity index (χ4n) is 2.87. The average molecular weight is 377 g/mol. The summed E-state index contributed by atoms with van der Waals surface area (Å²) in [7, 11) is 1.59. The van der Waals surface area contributed by atoms with Gasteiger partial charge in [0.05, 0.1) is 12.0 Å². The minimum atomic E-state index is -0.468. The lowest BCUT2D eigenvalue weighted by molar-refractivity contribution is 0.0947. The van der Waals surface area contributed by atoms with Crippen molar-refractivity contribution in [3.63, 3.8) is 0 Å². The van der Waals surface area contributed by atoms with Gasteiger partial charge in [-0.1, -0.05) is 30.3 Å². The van der Waals surface area contributed by atoms with Crippen molar-refractivity contribution in [1.29, 1.82) is 0 Å². The molecule has 0 aliphatic heterocycles. The number of benzene rings is 2. The third-order valence-electron chi connectivity index (χ3n) is 4.33. The molecule has 8 heteroatoms. The Bertz CT molecular complexity index is 1210. The largest absolute Gasteiger partial charge is 0.346 e. The molecule has 1 amide bonds. The summed E-state index contributed by atoms with van der Waals surface area (Å²) in [6, 6.07) is 14.9. The molecule has 4 rings (SSSR count). The molecule has 0 spiro atoms. The van der Waals surface area contributed by atoms with Gasteiger partial charge >= 0.3 is 0 Å². The van der Waals surface area contributed by atoms with Gasteiger partial charge in [-0.25, -0.2) is 14.1 Å². The molecule has 0 radical (unpaired) electrons. The number of nitrogens with zero attached hydrogens (tertiary/aromatic N) is 4. The molecule has 0 saturated carbocycles. The van der Waals surface area contributed by atoms with Crippen molar-refractivity contribution >= 4 is 16.9 Å². The lowest BCUT2D eigenvalue weighted by atomic mass is 10.2. The van der Waals surface area contributed by atoms with Gasteiger partial charge in [-0.15, -0.1) is 0 Å². The Labute approximate surface area is 159 Å². The molecule has 7 nitrogen and oxygen atoms in total. The Morgan fingerprint density at radius 2 is 1.82 bits per heavy atom. The molecule has 4 aromatic rings. The van der Waals surface area contributed by atoms with E-state index in [9.17, 15) is 14.0 Å². The quantitative estimate of drug-likeness (QED) is 0.591. The van der Waals surface area contributed by atoms with E-state index in [-0.39, 0.29) is 34.6 Å². The highest BCUT2D eigenvalue weighted by atomic mass is 19.1. The topological polar surface area (TPSA) is 81.8 Å². The second-order valence-corrected chi connectivity index (χ2v) is 6.26. The van der Waals surface area contributed by atoms with Crippen LogP contribution in [-0.2, 0) is 13.6 Å². The summed E-state index contributed by atoms with van der Waals surface area (Å²) in [5, 5.41) is 7.10. The van der Waals surface area contributed by atoms with Crippen LogP contribution in [0.1, 0.15) is 16.1 Å². The van der Waals surface area contributed by atoms with Gasteiger partial charge < -0.3 is 9.88 Å². The number of carbonyl (C=O) groups excluding carboxylic acids is 1. The summed E-state index contributed by atoms with van der Waals surface area (Å²) < 4.78 is 15.8. The molecule has 0 aliphatic rings. The van der Waals surface area contributed by atoms with Gasteiger partial charge in [-0.05, 0) is 29.8 Å². The lowest BCUT2D eigenvalue weighted by Gasteiger charge is -2.03. The Morgan fingerprint density at radius 1 is 1.11 bits per heavy atom. The predicted molar refractivity (Wildman–Crippen MR) is 102 cm³/mol. The molecule has 28 heavy (non-hydrogen) atoms. The number of para-hydroxylation sites is 1. The number of aromatic nitrogens is 4. The first kappa shape index (κ1) is 17.6. The maximum absolute atomic E-state index is 13.0. The van der Waals surface area contributed by atoms with Crippen LogP contribution in [0.3, 0.4) is 0 Å². The van der Waals surface area contributed by atoms with E-state index in [0.717, 1.165) is 5.56 Å². The van der Waals surface area contributed by atoms with Gasteiger partial charge in [-0.2, -0.15) is 5.10 Å². The van der Waals surface area contributed by atoms with E-state index in [1.165, 1.54) is 27.7 Å². The molecule has 0 saturated heterocycles. The number of hydrogen-bond acceptors (Lipinski definition) is 4. The Hall–Kier alpha value is -3.81. The van der Waals surface area contributed by atoms with Crippen LogP contribution in [0.15, 0.2) is 65.7 Å². The Balaban J connectivity index is 1.75. The molecule has 140 valence electrons. The van der Waals surface area contributed by atoms with Gasteiger partial charge in [0.25, 0.3) is 11.5 Å². The van der Waals surface area contributed by atoms with Crippen molar-refractivity contribution in [2.24, 2.45) is 7.05 Å². The molecular formula is C20H16FN5O2. The fraction of sp³-hybridized carbons (Fsp3) is 0.100. The number of halogens is 1. The number of carbonyl (C=O) groups is 1. The van der Waals surface area contributed by atoms with Crippen LogP contribution in [0, 0.1) is 5.82 Å². The molecule has 1 N–H and O–H groups in total. The van der Waals surface area contributed by atoms with E-state index < -0.39 is 5.91 Å². The second-order valence-electron chi connectivity index (χ2n) is 6.26. The minimum Gasteiger partial charge on any atom is -0.346 e. The average Bonchev–Trinajstić information content (AvgIpc) is 3.11. The summed E-state index contributed by atoms with van der Waals surface area (Å²) in [5.41, 5.74) is 1.59. The first-order valence-corrected chi connectivity index (χ1v) is 8.57. The summed E-state index contributed by atoms with van der Waals surface area (Å²) in [4.78, 5) is 29.6. The number of aryl methyl sites for hydroxylation is 1. The van der Waals surface area contributed by atoms with Gasteiger partial charge in [0, 0.05) is 13.6 Å². The van der Waals surface area contributed by atoms with Crippen LogP contribution >= 0.6 is 0 Å². The zero-order valence-electron chi connectivity index (χ0n) is 15.0. The van der Waals surface area contributed by atoms with Gasteiger partial charge in [0.15, 0.2) is 11.2 Å². The molecule has 2 heterocycles. The Kier molecular flexibility index (Phi) is 4.44. The summed E-state index contributed by atoms with van der Waals surface area (Å²) in [5.74, 6) is -0.813. The molecule has 0 atom stereocenters. The smallest absolute Gasteiger partial charge is 0.279 e. The van der Waals surface area contributed by atoms with Crippen LogP contribution in [0.2, 0.25) is 0 Å². The lowest BCUT2D eigenvalue weighted by Crippen LogP contribution is -2.24. The fourth-order valence-corrected chi connectivity index (χ4v) is 2.87. The second kappa shape index (κ2) is 7.07. The maximum Gasteiger partial charge on any atom is 0.279 e. The number of fused-ring (bicyclic) bond motifs is 1. The van der Waals surface area contributed by atoms with Crippen LogP contribution in [0.25, 0.3) is 16.7 Å². The third kappa shape index (κ3) is 3.16. The van der Waals surface area contributed by atoms with Crippen LogP contribution < -0.4 is 10.9 Å². The molecule has 0 unspecified atom stereocenters. The molecule has 0 fully saturated rings. The van der Waals surface area contributed by atoms with E-state index in [1.807, 2.05) is 18.2 Å². The highest BCUT2D eigenvalue weighted by molar-refractivity contribution is 6.03. The monoisotopic (exact) mass is 377 g/mol. The van der Waals surface area contributed by atoms with E-state index in [0.29, 0.717) is 5.69 Å². The van der Waals surface area contributed by atoms with Crippen LogP contribution in [0.4, 0.5) is 4.39 Å². The molecule has 2 aromatic carbocycles. The first-order valence-electron chi connectivity index (χ1n) is 8.57. The van der Waals surface area contributed by atoms with Crippen molar-refractivity contribution in [2.45, 2.75) is 6.54 Å². The first-order chi connectivity index (χ1) is 13.5. The zero-order chi connectivity index (χ0) is 19.7. The van der Waals surface area contributed by atoms with Gasteiger partial charge in [0.1, 0.15) is 11.3 Å². The highest BCUT2D eigenvalue weighted by Crippen LogP contribution is 2.17. The third-order valence-corrected chi connectivity index (χ3v) is 4.33. The number of nitrogens with one attached hydrogen (secondary N) is 1. The molecule has 0 bridgehead atoms. The SMILES string of the molecule is Cn1cnc2c(C(=O)NCc3ccc(F)cc3)nn(-c3ccccc3)c2c1=O. The van der Waals surface area contributed by atoms with Crippen molar-refractivity contribution < 1.29 is 9.18 Å². The molecular weight excluding hydrogens is 361 g/mol. The summed E-state index contributed by atoms with van der Waals surface area (Å²) in [6.07, 6.45) is 1.36. The predicted octanol–water partition coefficient (Wildman–Crippen LogP) is 2.19. The van der Waals surface area contributed by atoms with E-state index in [1.54, 1.807) is 31.3 Å². The maximum atomic E-state index is 13.0. The van der Waals surface area contributed by atoms with Crippen molar-refractivity contribution in [1.82, 2.24) is 24.6 Å².